The molecular formula is C19H17N3O2S. The molecule has 1 aliphatic rings. The number of carbonyl (C=O) groups excluding carboxylic acids is 1. The Hall–Kier alpha value is -2.60. The number of rotatable bonds is 6. The van der Waals surface area contributed by atoms with E-state index in [1.165, 1.54) is 11.8 Å². The van der Waals surface area contributed by atoms with Crippen molar-refractivity contribution in [2.24, 2.45) is 0 Å². The van der Waals surface area contributed by atoms with Crippen molar-refractivity contribution < 1.29 is 9.21 Å². The molecule has 126 valence electrons. The van der Waals surface area contributed by atoms with Crippen molar-refractivity contribution in [1.82, 2.24) is 15.5 Å². The number of hydrogen-bond acceptors (Lipinski definition) is 5. The van der Waals surface area contributed by atoms with Crippen LogP contribution in [0, 0.1) is 0 Å². The summed E-state index contributed by atoms with van der Waals surface area (Å²) in [6, 6.07) is 19.6. The third-order valence-electron chi connectivity index (χ3n) is 3.91. The molecule has 1 aromatic heterocycles. The topological polar surface area (TPSA) is 68.0 Å². The van der Waals surface area contributed by atoms with Gasteiger partial charge in [0.25, 0.3) is 5.22 Å². The van der Waals surface area contributed by atoms with E-state index in [4.69, 9.17) is 4.42 Å². The van der Waals surface area contributed by atoms with Gasteiger partial charge in [-0.05, 0) is 42.3 Å². The van der Waals surface area contributed by atoms with Gasteiger partial charge in [-0.3, -0.25) is 4.79 Å². The highest BCUT2D eigenvalue weighted by molar-refractivity contribution is 8.00. The Morgan fingerprint density at radius 3 is 2.40 bits per heavy atom. The molecule has 0 spiro atoms. The summed E-state index contributed by atoms with van der Waals surface area (Å²) in [5.41, 5.74) is 1.78. The van der Waals surface area contributed by atoms with E-state index in [-0.39, 0.29) is 5.91 Å². The Labute approximate surface area is 149 Å². The van der Waals surface area contributed by atoms with Gasteiger partial charge in [0.05, 0.1) is 0 Å². The van der Waals surface area contributed by atoms with Crippen molar-refractivity contribution in [3.05, 3.63) is 66.2 Å². The average Bonchev–Trinajstić information content (AvgIpc) is 3.35. The van der Waals surface area contributed by atoms with Gasteiger partial charge in [0.2, 0.25) is 11.8 Å². The second-order valence-electron chi connectivity index (χ2n) is 5.93. The fourth-order valence-corrected chi connectivity index (χ4v) is 3.35. The minimum absolute atomic E-state index is 0.0156. The normalized spacial score (nSPS) is 14.9. The van der Waals surface area contributed by atoms with Crippen LogP contribution in [0.3, 0.4) is 0 Å². The third kappa shape index (κ3) is 3.91. The fraction of sp³-hybridized carbons (Fsp3) is 0.211. The van der Waals surface area contributed by atoms with Crippen LogP contribution in [-0.4, -0.2) is 22.1 Å². The summed E-state index contributed by atoms with van der Waals surface area (Å²) in [5.74, 6) is 0.440. The number of nitrogens with zero attached hydrogens (tertiary/aromatic N) is 2. The molecule has 0 unspecified atom stereocenters. The van der Waals surface area contributed by atoms with E-state index >= 15 is 0 Å². The number of thioether (sulfide) groups is 1. The molecule has 3 aromatic rings. The smallest absolute Gasteiger partial charge is 0.277 e. The SMILES string of the molecule is O=C(NC1CC1)[C@H](Sc1nnc(-c2ccccc2)o1)c1ccccc1. The van der Waals surface area contributed by atoms with Crippen LogP contribution in [0.15, 0.2) is 70.3 Å². The lowest BCUT2D eigenvalue weighted by molar-refractivity contribution is -0.120. The van der Waals surface area contributed by atoms with Crippen LogP contribution in [0.2, 0.25) is 0 Å². The number of nitrogens with one attached hydrogen (secondary N) is 1. The molecular weight excluding hydrogens is 334 g/mol. The van der Waals surface area contributed by atoms with E-state index in [2.05, 4.69) is 15.5 Å². The molecule has 6 heteroatoms. The quantitative estimate of drug-likeness (QED) is 0.683. The van der Waals surface area contributed by atoms with E-state index in [9.17, 15) is 4.79 Å². The molecule has 0 bridgehead atoms. The highest BCUT2D eigenvalue weighted by atomic mass is 32.2. The zero-order valence-electron chi connectivity index (χ0n) is 13.5. The summed E-state index contributed by atoms with van der Waals surface area (Å²) in [6.07, 6.45) is 2.10. The van der Waals surface area contributed by atoms with E-state index in [1.807, 2.05) is 60.7 Å². The van der Waals surface area contributed by atoms with Crippen LogP contribution < -0.4 is 5.32 Å². The molecule has 1 fully saturated rings. The minimum Gasteiger partial charge on any atom is -0.411 e. The van der Waals surface area contributed by atoms with Gasteiger partial charge in [0.15, 0.2) is 0 Å². The maximum atomic E-state index is 12.7. The molecule has 1 N–H and O–H groups in total. The van der Waals surface area contributed by atoms with Crippen molar-refractivity contribution in [2.75, 3.05) is 0 Å². The number of aromatic nitrogens is 2. The van der Waals surface area contributed by atoms with Crippen molar-refractivity contribution in [3.63, 3.8) is 0 Å². The summed E-state index contributed by atoms with van der Waals surface area (Å²) in [4.78, 5) is 12.7. The lowest BCUT2D eigenvalue weighted by Gasteiger charge is -2.14. The molecule has 25 heavy (non-hydrogen) atoms. The number of amides is 1. The first-order valence-electron chi connectivity index (χ1n) is 8.20. The van der Waals surface area contributed by atoms with Gasteiger partial charge in [-0.15, -0.1) is 10.2 Å². The predicted molar refractivity (Wildman–Crippen MR) is 95.9 cm³/mol. The second kappa shape index (κ2) is 7.11. The Kier molecular flexibility index (Phi) is 4.52. The van der Waals surface area contributed by atoms with Crippen molar-refractivity contribution in [1.29, 1.82) is 0 Å². The van der Waals surface area contributed by atoms with Crippen LogP contribution in [0.5, 0.6) is 0 Å². The van der Waals surface area contributed by atoms with E-state index in [1.54, 1.807) is 0 Å². The summed E-state index contributed by atoms with van der Waals surface area (Å²) >= 11 is 1.28. The van der Waals surface area contributed by atoms with Gasteiger partial charge in [0, 0.05) is 11.6 Å². The summed E-state index contributed by atoms with van der Waals surface area (Å²) in [5, 5.41) is 11.2. The van der Waals surface area contributed by atoms with E-state index in [0.29, 0.717) is 17.2 Å². The molecule has 1 atom stereocenters. The summed E-state index contributed by atoms with van der Waals surface area (Å²) < 4.78 is 5.75. The lowest BCUT2D eigenvalue weighted by Crippen LogP contribution is -2.29. The van der Waals surface area contributed by atoms with Gasteiger partial charge in [-0.1, -0.05) is 48.5 Å². The summed E-state index contributed by atoms with van der Waals surface area (Å²) in [6.45, 7) is 0. The van der Waals surface area contributed by atoms with Gasteiger partial charge in [-0.2, -0.15) is 0 Å². The fourth-order valence-electron chi connectivity index (χ4n) is 2.46. The van der Waals surface area contributed by atoms with Crippen LogP contribution in [0.4, 0.5) is 0 Å². The zero-order chi connectivity index (χ0) is 17.1. The van der Waals surface area contributed by atoms with Gasteiger partial charge in [0.1, 0.15) is 5.25 Å². The third-order valence-corrected chi connectivity index (χ3v) is 5.00. The van der Waals surface area contributed by atoms with Crippen molar-refractivity contribution in [3.8, 4) is 11.5 Å². The summed E-state index contributed by atoms with van der Waals surface area (Å²) in [7, 11) is 0. The molecule has 0 aliphatic heterocycles. The maximum absolute atomic E-state index is 12.7. The van der Waals surface area contributed by atoms with Gasteiger partial charge in [-0.25, -0.2) is 0 Å². The molecule has 0 radical (unpaired) electrons. The Bertz CT molecular complexity index is 847. The average molecular weight is 351 g/mol. The number of hydrogen-bond donors (Lipinski definition) is 1. The van der Waals surface area contributed by atoms with Gasteiger partial charge < -0.3 is 9.73 Å². The Morgan fingerprint density at radius 1 is 1.04 bits per heavy atom. The van der Waals surface area contributed by atoms with E-state index in [0.717, 1.165) is 24.0 Å². The Balaban J connectivity index is 1.56. The molecule has 2 aromatic carbocycles. The molecule has 1 heterocycles. The molecule has 1 saturated carbocycles. The molecule has 5 nitrogen and oxygen atoms in total. The molecule has 1 amide bonds. The first-order chi connectivity index (χ1) is 12.3. The monoisotopic (exact) mass is 351 g/mol. The van der Waals surface area contributed by atoms with Crippen molar-refractivity contribution >= 4 is 17.7 Å². The minimum atomic E-state index is -0.411. The highest BCUT2D eigenvalue weighted by Crippen LogP contribution is 2.36. The van der Waals surface area contributed by atoms with Crippen LogP contribution in [-0.2, 0) is 4.79 Å². The van der Waals surface area contributed by atoms with Crippen LogP contribution >= 0.6 is 11.8 Å². The van der Waals surface area contributed by atoms with Crippen LogP contribution in [0.25, 0.3) is 11.5 Å². The lowest BCUT2D eigenvalue weighted by atomic mass is 10.1. The zero-order valence-corrected chi connectivity index (χ0v) is 14.3. The van der Waals surface area contributed by atoms with Crippen molar-refractivity contribution in [2.45, 2.75) is 29.4 Å². The first kappa shape index (κ1) is 15.9. The second-order valence-corrected chi connectivity index (χ2v) is 6.99. The standard InChI is InChI=1S/C19H17N3O2S/c23-17(20-15-11-12-15)16(13-7-3-1-4-8-13)25-19-22-21-18(24-19)14-9-5-2-6-10-14/h1-10,15-16H,11-12H2,(H,20,23)/t16-/m1/s1. The largest absolute Gasteiger partial charge is 0.411 e. The van der Waals surface area contributed by atoms with E-state index < -0.39 is 5.25 Å². The molecule has 0 saturated heterocycles. The predicted octanol–water partition coefficient (Wildman–Crippen LogP) is 3.85. The highest BCUT2D eigenvalue weighted by Gasteiger charge is 2.30. The van der Waals surface area contributed by atoms with Crippen LogP contribution in [0.1, 0.15) is 23.7 Å². The number of carbonyl (C=O) groups is 1. The molecule has 1 aliphatic carbocycles. The number of benzene rings is 2. The van der Waals surface area contributed by atoms with Gasteiger partial charge >= 0.3 is 0 Å². The Morgan fingerprint density at radius 2 is 1.72 bits per heavy atom. The molecule has 4 rings (SSSR count). The maximum Gasteiger partial charge on any atom is 0.277 e. The first-order valence-corrected chi connectivity index (χ1v) is 9.08.